The lowest BCUT2D eigenvalue weighted by molar-refractivity contribution is 0.0681. The van der Waals surface area contributed by atoms with Crippen LogP contribution in [0.4, 0.5) is 11.4 Å². The Hall–Kier alpha value is -1.71. The standard InChI is InChI=1S/C20H25ClN2O/c1-16-3-7-20(8-4-16)23(15-17-11-13-24-14-12-17)22(2)19-9-5-18(21)6-10-19/h3-10,17H,11-15H2,1-2H3. The summed E-state index contributed by atoms with van der Waals surface area (Å²) in [5.41, 5.74) is 3.62. The first-order valence-corrected chi connectivity index (χ1v) is 8.92. The average molecular weight is 345 g/mol. The van der Waals surface area contributed by atoms with Crippen molar-refractivity contribution in [1.29, 1.82) is 0 Å². The summed E-state index contributed by atoms with van der Waals surface area (Å²) in [6.07, 6.45) is 2.24. The molecule has 128 valence electrons. The Balaban J connectivity index is 1.85. The number of halogens is 1. The Morgan fingerprint density at radius 2 is 1.54 bits per heavy atom. The first-order valence-electron chi connectivity index (χ1n) is 8.54. The van der Waals surface area contributed by atoms with Gasteiger partial charge in [-0.3, -0.25) is 10.0 Å². The van der Waals surface area contributed by atoms with Crippen molar-refractivity contribution in [1.82, 2.24) is 0 Å². The summed E-state index contributed by atoms with van der Waals surface area (Å²) in [5.74, 6) is 0.648. The van der Waals surface area contributed by atoms with Crippen molar-refractivity contribution in [2.45, 2.75) is 19.8 Å². The molecule has 0 saturated carbocycles. The Morgan fingerprint density at radius 1 is 0.958 bits per heavy atom. The third kappa shape index (κ3) is 4.22. The number of aryl methyl sites for hydroxylation is 1. The number of hydrogen-bond donors (Lipinski definition) is 0. The summed E-state index contributed by atoms with van der Waals surface area (Å²) in [6.45, 7) is 4.86. The van der Waals surface area contributed by atoms with Gasteiger partial charge in [-0.05, 0) is 62.1 Å². The summed E-state index contributed by atoms with van der Waals surface area (Å²) >= 11 is 6.04. The van der Waals surface area contributed by atoms with Crippen molar-refractivity contribution in [3.8, 4) is 0 Å². The maximum Gasteiger partial charge on any atom is 0.0574 e. The van der Waals surface area contributed by atoms with Crippen molar-refractivity contribution < 1.29 is 4.74 Å². The van der Waals surface area contributed by atoms with Crippen molar-refractivity contribution in [3.05, 3.63) is 59.1 Å². The van der Waals surface area contributed by atoms with E-state index in [1.165, 1.54) is 11.3 Å². The van der Waals surface area contributed by atoms with E-state index in [4.69, 9.17) is 16.3 Å². The van der Waals surface area contributed by atoms with Gasteiger partial charge in [0.1, 0.15) is 0 Å². The molecule has 2 aromatic carbocycles. The molecule has 0 amide bonds. The molecule has 0 aliphatic carbocycles. The molecule has 3 rings (SSSR count). The molecule has 0 unspecified atom stereocenters. The van der Waals surface area contributed by atoms with Crippen molar-refractivity contribution in [2.24, 2.45) is 5.92 Å². The highest BCUT2D eigenvalue weighted by Crippen LogP contribution is 2.26. The zero-order valence-corrected chi connectivity index (χ0v) is 15.2. The zero-order chi connectivity index (χ0) is 16.9. The van der Waals surface area contributed by atoms with Crippen LogP contribution in [-0.4, -0.2) is 26.8 Å². The first kappa shape index (κ1) is 17.1. The summed E-state index contributed by atoms with van der Waals surface area (Å²) in [6, 6.07) is 16.7. The lowest BCUT2D eigenvalue weighted by Gasteiger charge is -2.39. The molecule has 24 heavy (non-hydrogen) atoms. The Kier molecular flexibility index (Phi) is 5.64. The smallest absolute Gasteiger partial charge is 0.0574 e. The highest BCUT2D eigenvalue weighted by molar-refractivity contribution is 6.30. The Morgan fingerprint density at radius 3 is 2.17 bits per heavy atom. The fourth-order valence-electron chi connectivity index (χ4n) is 3.09. The van der Waals surface area contributed by atoms with E-state index in [2.05, 4.69) is 60.4 Å². The van der Waals surface area contributed by atoms with Gasteiger partial charge < -0.3 is 4.74 Å². The Bertz CT molecular complexity index is 636. The molecule has 1 fully saturated rings. The van der Waals surface area contributed by atoms with Gasteiger partial charge in [0.05, 0.1) is 11.4 Å². The minimum absolute atomic E-state index is 0.648. The van der Waals surface area contributed by atoms with Crippen LogP contribution in [0.2, 0.25) is 5.02 Å². The Labute approximate surface area is 149 Å². The van der Waals surface area contributed by atoms with Gasteiger partial charge in [-0.1, -0.05) is 29.3 Å². The topological polar surface area (TPSA) is 15.7 Å². The molecule has 1 aliphatic heterocycles. The molecule has 2 aromatic rings. The van der Waals surface area contributed by atoms with Gasteiger partial charge in [0.2, 0.25) is 0 Å². The predicted octanol–water partition coefficient (Wildman–Crippen LogP) is 4.93. The molecule has 0 bridgehead atoms. The normalized spacial score (nSPS) is 15.3. The largest absolute Gasteiger partial charge is 0.381 e. The quantitative estimate of drug-likeness (QED) is 0.715. The lowest BCUT2D eigenvalue weighted by Crippen LogP contribution is -2.44. The molecular formula is C20H25ClN2O. The van der Waals surface area contributed by atoms with E-state index in [9.17, 15) is 0 Å². The molecule has 1 saturated heterocycles. The van der Waals surface area contributed by atoms with Crippen LogP contribution in [0.1, 0.15) is 18.4 Å². The van der Waals surface area contributed by atoms with Gasteiger partial charge in [-0.25, -0.2) is 0 Å². The van der Waals surface area contributed by atoms with E-state index in [0.29, 0.717) is 5.92 Å². The number of rotatable bonds is 5. The van der Waals surface area contributed by atoms with E-state index in [1.54, 1.807) is 0 Å². The molecule has 3 nitrogen and oxygen atoms in total. The molecule has 0 atom stereocenters. The fraction of sp³-hybridized carbons (Fsp3) is 0.400. The van der Waals surface area contributed by atoms with E-state index in [0.717, 1.165) is 43.3 Å². The number of benzene rings is 2. The maximum atomic E-state index is 6.04. The van der Waals surface area contributed by atoms with Gasteiger partial charge in [0.25, 0.3) is 0 Å². The third-order valence-electron chi connectivity index (χ3n) is 4.67. The third-order valence-corrected chi connectivity index (χ3v) is 4.92. The second-order valence-electron chi connectivity index (χ2n) is 6.47. The van der Waals surface area contributed by atoms with Gasteiger partial charge in [-0.15, -0.1) is 0 Å². The van der Waals surface area contributed by atoms with Gasteiger partial charge >= 0.3 is 0 Å². The summed E-state index contributed by atoms with van der Waals surface area (Å²) in [5, 5.41) is 5.34. The number of hydrogen-bond acceptors (Lipinski definition) is 3. The van der Waals surface area contributed by atoms with Gasteiger partial charge in [0, 0.05) is 31.8 Å². The van der Waals surface area contributed by atoms with Crippen LogP contribution < -0.4 is 10.0 Å². The van der Waals surface area contributed by atoms with Crippen LogP contribution in [-0.2, 0) is 4.74 Å². The molecule has 0 radical (unpaired) electrons. The van der Waals surface area contributed by atoms with Crippen molar-refractivity contribution >= 4 is 23.0 Å². The molecule has 0 N–H and O–H groups in total. The highest BCUT2D eigenvalue weighted by Gasteiger charge is 2.21. The van der Waals surface area contributed by atoms with Crippen molar-refractivity contribution in [2.75, 3.05) is 36.8 Å². The first-order chi connectivity index (χ1) is 11.6. The number of ether oxygens (including phenoxy) is 1. The maximum absolute atomic E-state index is 6.04. The van der Waals surface area contributed by atoms with Gasteiger partial charge in [0.15, 0.2) is 0 Å². The van der Waals surface area contributed by atoms with Crippen LogP contribution in [0.3, 0.4) is 0 Å². The predicted molar refractivity (Wildman–Crippen MR) is 102 cm³/mol. The second kappa shape index (κ2) is 7.91. The molecule has 0 aromatic heterocycles. The van der Waals surface area contributed by atoms with Crippen LogP contribution >= 0.6 is 11.6 Å². The van der Waals surface area contributed by atoms with E-state index >= 15 is 0 Å². The molecular weight excluding hydrogens is 320 g/mol. The van der Waals surface area contributed by atoms with Crippen molar-refractivity contribution in [3.63, 3.8) is 0 Å². The fourth-order valence-corrected chi connectivity index (χ4v) is 3.21. The average Bonchev–Trinajstić information content (AvgIpc) is 2.62. The minimum Gasteiger partial charge on any atom is -0.381 e. The highest BCUT2D eigenvalue weighted by atomic mass is 35.5. The molecule has 1 aliphatic rings. The molecule has 1 heterocycles. The summed E-state index contributed by atoms with van der Waals surface area (Å²) in [7, 11) is 2.11. The van der Waals surface area contributed by atoms with E-state index in [-0.39, 0.29) is 0 Å². The van der Waals surface area contributed by atoms with Gasteiger partial charge in [-0.2, -0.15) is 0 Å². The summed E-state index contributed by atoms with van der Waals surface area (Å²) < 4.78 is 5.51. The van der Waals surface area contributed by atoms with E-state index < -0.39 is 0 Å². The minimum atomic E-state index is 0.648. The lowest BCUT2D eigenvalue weighted by atomic mass is 10.00. The SMILES string of the molecule is Cc1ccc(N(CC2CCOCC2)N(C)c2ccc(Cl)cc2)cc1. The monoisotopic (exact) mass is 344 g/mol. The number of nitrogens with zero attached hydrogens (tertiary/aromatic N) is 2. The molecule has 0 spiro atoms. The summed E-state index contributed by atoms with van der Waals surface area (Å²) in [4.78, 5) is 0. The van der Waals surface area contributed by atoms with Crippen LogP contribution in [0.15, 0.2) is 48.5 Å². The van der Waals surface area contributed by atoms with Crippen LogP contribution in [0, 0.1) is 12.8 Å². The number of anilines is 2. The number of hydrazine groups is 1. The van der Waals surface area contributed by atoms with Crippen LogP contribution in [0.5, 0.6) is 0 Å². The molecule has 4 heteroatoms. The van der Waals surface area contributed by atoms with Crippen LogP contribution in [0.25, 0.3) is 0 Å². The second-order valence-corrected chi connectivity index (χ2v) is 6.91. The van der Waals surface area contributed by atoms with E-state index in [1.807, 2.05) is 12.1 Å². The zero-order valence-electron chi connectivity index (χ0n) is 14.4.